The van der Waals surface area contributed by atoms with Gasteiger partial charge < -0.3 is 15.4 Å². The number of anilines is 1. The number of aromatic hydroxyl groups is 1. The largest absolute Gasteiger partial charge is 0.508 e. The molecule has 2 heterocycles. The van der Waals surface area contributed by atoms with Crippen LogP contribution in [0.4, 0.5) is 10.1 Å². The van der Waals surface area contributed by atoms with E-state index in [1.807, 2.05) is 6.92 Å². The summed E-state index contributed by atoms with van der Waals surface area (Å²) >= 11 is 0. The topological polar surface area (TPSA) is 95.1 Å². The van der Waals surface area contributed by atoms with E-state index in [0.29, 0.717) is 22.2 Å². The summed E-state index contributed by atoms with van der Waals surface area (Å²) in [6.07, 6.45) is 7.79. The van der Waals surface area contributed by atoms with Gasteiger partial charge in [0.05, 0.1) is 17.4 Å². The zero-order valence-electron chi connectivity index (χ0n) is 17.0. The molecule has 0 bridgehead atoms. The predicted molar refractivity (Wildman–Crippen MR) is 114 cm³/mol. The molecule has 2 aromatic heterocycles. The standard InChI is InChI=1S/C23H24FN3O3/c1-13-8-14-19(12-25-13)26-11-15(21(14)29)22(30)27-18-10-20(28)16(9-17(18)24)23(2)6-4-3-5-7-23/h8-12,28H,3-7H2,1-2H3,(H,26,29)(H,27,30). The van der Waals surface area contributed by atoms with Crippen molar-refractivity contribution < 1.29 is 14.3 Å². The Morgan fingerprint density at radius 1 is 1.23 bits per heavy atom. The zero-order valence-corrected chi connectivity index (χ0v) is 17.0. The number of aryl methyl sites for hydroxylation is 1. The lowest BCUT2D eigenvalue weighted by atomic mass is 9.70. The molecular formula is C23H24FN3O3. The number of phenolic OH excluding ortho intramolecular Hbond substituents is 1. The van der Waals surface area contributed by atoms with Gasteiger partial charge in [0.1, 0.15) is 17.1 Å². The van der Waals surface area contributed by atoms with Crippen molar-refractivity contribution in [2.45, 2.75) is 51.4 Å². The lowest BCUT2D eigenvalue weighted by Crippen LogP contribution is -2.26. The summed E-state index contributed by atoms with van der Waals surface area (Å²) in [5.74, 6) is -1.44. The van der Waals surface area contributed by atoms with Crippen LogP contribution in [0, 0.1) is 12.7 Å². The fourth-order valence-electron chi connectivity index (χ4n) is 4.32. The number of hydrogen-bond acceptors (Lipinski definition) is 4. The fraction of sp³-hybridized carbons (Fsp3) is 0.348. The van der Waals surface area contributed by atoms with Crippen molar-refractivity contribution in [3.8, 4) is 5.75 Å². The first-order valence-electron chi connectivity index (χ1n) is 10.1. The molecule has 1 aromatic carbocycles. The Kier molecular flexibility index (Phi) is 5.05. The van der Waals surface area contributed by atoms with Crippen molar-refractivity contribution in [2.75, 3.05) is 5.32 Å². The quantitative estimate of drug-likeness (QED) is 0.591. The van der Waals surface area contributed by atoms with E-state index in [1.54, 1.807) is 13.0 Å². The number of carbonyl (C=O) groups is 1. The second-order valence-corrected chi connectivity index (χ2v) is 8.33. The zero-order chi connectivity index (χ0) is 21.5. The number of nitrogens with one attached hydrogen (secondary N) is 2. The number of benzene rings is 1. The molecule has 7 heteroatoms. The molecule has 1 saturated carbocycles. The van der Waals surface area contributed by atoms with E-state index in [2.05, 4.69) is 15.3 Å². The fourth-order valence-corrected chi connectivity index (χ4v) is 4.32. The second kappa shape index (κ2) is 7.55. The minimum atomic E-state index is -0.748. The highest BCUT2D eigenvalue weighted by atomic mass is 19.1. The van der Waals surface area contributed by atoms with Crippen LogP contribution < -0.4 is 10.7 Å². The van der Waals surface area contributed by atoms with Crippen LogP contribution >= 0.6 is 0 Å². The number of amides is 1. The molecule has 3 aromatic rings. The molecular weight excluding hydrogens is 385 g/mol. The van der Waals surface area contributed by atoms with Crippen molar-refractivity contribution in [1.29, 1.82) is 0 Å². The van der Waals surface area contributed by atoms with Crippen molar-refractivity contribution in [1.82, 2.24) is 9.97 Å². The number of fused-ring (bicyclic) bond motifs is 1. The lowest BCUT2D eigenvalue weighted by molar-refractivity contribution is 0.102. The van der Waals surface area contributed by atoms with Gasteiger partial charge >= 0.3 is 0 Å². The number of nitrogens with zero attached hydrogens (tertiary/aromatic N) is 1. The van der Waals surface area contributed by atoms with Gasteiger partial charge in [0.25, 0.3) is 5.91 Å². The smallest absolute Gasteiger partial charge is 0.261 e. The number of aromatic nitrogens is 2. The van der Waals surface area contributed by atoms with Gasteiger partial charge in [-0.1, -0.05) is 26.2 Å². The van der Waals surface area contributed by atoms with Crippen molar-refractivity contribution >= 4 is 22.5 Å². The average molecular weight is 409 g/mol. The molecule has 6 nitrogen and oxygen atoms in total. The Hall–Kier alpha value is -3.22. The van der Waals surface area contributed by atoms with Crippen LogP contribution in [0.3, 0.4) is 0 Å². The normalized spacial score (nSPS) is 15.8. The van der Waals surface area contributed by atoms with E-state index in [-0.39, 0.29) is 22.4 Å². The van der Waals surface area contributed by atoms with Crippen molar-refractivity contribution in [2.24, 2.45) is 0 Å². The average Bonchev–Trinajstić information content (AvgIpc) is 2.71. The van der Waals surface area contributed by atoms with Gasteiger partial charge in [-0.05, 0) is 37.3 Å². The van der Waals surface area contributed by atoms with E-state index in [9.17, 15) is 19.1 Å². The Bertz CT molecular complexity index is 1200. The number of carbonyl (C=O) groups excluding carboxylic acids is 1. The summed E-state index contributed by atoms with van der Waals surface area (Å²) in [5, 5.41) is 13.3. The highest BCUT2D eigenvalue weighted by molar-refractivity contribution is 6.05. The summed E-state index contributed by atoms with van der Waals surface area (Å²) < 4.78 is 14.8. The number of halogens is 1. The Morgan fingerprint density at radius 3 is 2.70 bits per heavy atom. The Morgan fingerprint density at radius 2 is 1.97 bits per heavy atom. The molecule has 30 heavy (non-hydrogen) atoms. The van der Waals surface area contributed by atoms with Gasteiger partial charge in [0.2, 0.25) is 5.43 Å². The number of hydrogen-bond donors (Lipinski definition) is 3. The summed E-state index contributed by atoms with van der Waals surface area (Å²) in [6, 6.07) is 4.12. The minimum Gasteiger partial charge on any atom is -0.508 e. The van der Waals surface area contributed by atoms with E-state index in [1.165, 1.54) is 24.5 Å². The molecule has 1 amide bonds. The van der Waals surface area contributed by atoms with Crippen LogP contribution in [0.5, 0.6) is 5.75 Å². The van der Waals surface area contributed by atoms with Gasteiger partial charge in [0, 0.05) is 28.9 Å². The highest BCUT2D eigenvalue weighted by Crippen LogP contribution is 2.44. The maximum Gasteiger partial charge on any atom is 0.261 e. The van der Waals surface area contributed by atoms with Crippen LogP contribution in [0.25, 0.3) is 10.9 Å². The van der Waals surface area contributed by atoms with Crippen LogP contribution in [-0.2, 0) is 5.41 Å². The lowest BCUT2D eigenvalue weighted by Gasteiger charge is -2.34. The summed E-state index contributed by atoms with van der Waals surface area (Å²) in [6.45, 7) is 3.78. The summed E-state index contributed by atoms with van der Waals surface area (Å²) in [5.41, 5.74) is 0.658. The molecule has 0 saturated heterocycles. The third-order valence-electron chi connectivity index (χ3n) is 6.09. The molecule has 3 N–H and O–H groups in total. The van der Waals surface area contributed by atoms with Crippen LogP contribution in [0.1, 0.15) is 60.6 Å². The second-order valence-electron chi connectivity index (χ2n) is 8.33. The van der Waals surface area contributed by atoms with Crippen LogP contribution in [0.15, 0.2) is 35.4 Å². The predicted octanol–water partition coefficient (Wildman–Crippen LogP) is 4.55. The highest BCUT2D eigenvalue weighted by Gasteiger charge is 2.32. The molecule has 0 radical (unpaired) electrons. The number of aromatic amines is 1. The third kappa shape index (κ3) is 3.56. The van der Waals surface area contributed by atoms with Crippen LogP contribution in [0.2, 0.25) is 0 Å². The van der Waals surface area contributed by atoms with Gasteiger partial charge in [-0.3, -0.25) is 14.6 Å². The van der Waals surface area contributed by atoms with Gasteiger partial charge in [-0.2, -0.15) is 0 Å². The molecule has 4 rings (SSSR count). The first-order valence-corrected chi connectivity index (χ1v) is 10.1. The molecule has 1 aliphatic carbocycles. The number of H-pyrrole nitrogens is 1. The third-order valence-corrected chi connectivity index (χ3v) is 6.09. The Labute approximate surface area is 173 Å². The maximum atomic E-state index is 14.8. The van der Waals surface area contributed by atoms with E-state index < -0.39 is 17.2 Å². The number of rotatable bonds is 3. The van der Waals surface area contributed by atoms with Crippen LogP contribution in [-0.4, -0.2) is 21.0 Å². The SMILES string of the molecule is Cc1cc2c(=O)c(C(=O)Nc3cc(O)c(C4(C)CCCCC4)cc3F)c[nH]c2cn1. The molecule has 0 unspecified atom stereocenters. The molecule has 1 aliphatic rings. The maximum absolute atomic E-state index is 14.8. The summed E-state index contributed by atoms with van der Waals surface area (Å²) in [7, 11) is 0. The van der Waals surface area contributed by atoms with Crippen molar-refractivity contribution in [3.05, 3.63) is 63.5 Å². The van der Waals surface area contributed by atoms with Gasteiger partial charge in [-0.25, -0.2) is 4.39 Å². The minimum absolute atomic E-state index is 0.0507. The Balaban J connectivity index is 1.65. The van der Waals surface area contributed by atoms with Crippen molar-refractivity contribution in [3.63, 3.8) is 0 Å². The van der Waals surface area contributed by atoms with Gasteiger partial charge in [0.15, 0.2) is 0 Å². The summed E-state index contributed by atoms with van der Waals surface area (Å²) in [4.78, 5) is 32.4. The first kappa shape index (κ1) is 20.1. The van der Waals surface area contributed by atoms with E-state index in [4.69, 9.17) is 0 Å². The first-order chi connectivity index (χ1) is 14.3. The van der Waals surface area contributed by atoms with E-state index in [0.717, 1.165) is 32.1 Å². The van der Waals surface area contributed by atoms with E-state index >= 15 is 0 Å². The molecule has 156 valence electrons. The monoisotopic (exact) mass is 409 g/mol. The number of phenols is 1. The van der Waals surface area contributed by atoms with Gasteiger partial charge in [-0.15, -0.1) is 0 Å². The number of pyridine rings is 2. The molecule has 0 aliphatic heterocycles. The molecule has 0 atom stereocenters. The molecule has 1 fully saturated rings. The molecule has 0 spiro atoms.